The number of rotatable bonds is 10. The van der Waals surface area contributed by atoms with Crippen LogP contribution >= 0.6 is 0 Å². The highest BCUT2D eigenvalue weighted by Crippen LogP contribution is 2.13. The molecular formula is C13H29NO. The summed E-state index contributed by atoms with van der Waals surface area (Å²) in [6, 6.07) is 0.613. The number of unbranched alkanes of at least 4 members (excludes halogenated alkanes) is 3. The van der Waals surface area contributed by atoms with Gasteiger partial charge < -0.3 is 10.1 Å². The Labute approximate surface area is 95.8 Å². The van der Waals surface area contributed by atoms with Crippen LogP contribution in [0.3, 0.4) is 0 Å². The predicted molar refractivity (Wildman–Crippen MR) is 67.3 cm³/mol. The van der Waals surface area contributed by atoms with Crippen molar-refractivity contribution in [1.29, 1.82) is 0 Å². The molecule has 0 spiro atoms. The average Bonchev–Trinajstić information content (AvgIpc) is 2.24. The Bertz CT molecular complexity index is 128. The summed E-state index contributed by atoms with van der Waals surface area (Å²) in [4.78, 5) is 0. The van der Waals surface area contributed by atoms with Crippen LogP contribution in [-0.4, -0.2) is 26.3 Å². The van der Waals surface area contributed by atoms with E-state index < -0.39 is 0 Å². The van der Waals surface area contributed by atoms with Gasteiger partial charge in [0.1, 0.15) is 0 Å². The van der Waals surface area contributed by atoms with Crippen molar-refractivity contribution in [3.05, 3.63) is 0 Å². The lowest BCUT2D eigenvalue weighted by Crippen LogP contribution is -2.34. The predicted octanol–water partition coefficient (Wildman–Crippen LogP) is 3.22. The van der Waals surface area contributed by atoms with Gasteiger partial charge in [-0.25, -0.2) is 0 Å². The zero-order valence-corrected chi connectivity index (χ0v) is 11.0. The van der Waals surface area contributed by atoms with Gasteiger partial charge in [0, 0.05) is 19.7 Å². The monoisotopic (exact) mass is 215 g/mol. The lowest BCUT2D eigenvalue weighted by atomic mass is 9.96. The summed E-state index contributed by atoms with van der Waals surface area (Å²) in [7, 11) is 1.75. The maximum absolute atomic E-state index is 5.02. The Balaban J connectivity index is 3.38. The summed E-state index contributed by atoms with van der Waals surface area (Å²) in [5.41, 5.74) is 0. The maximum atomic E-state index is 5.02. The van der Waals surface area contributed by atoms with Crippen LogP contribution in [0.4, 0.5) is 0 Å². The fourth-order valence-electron chi connectivity index (χ4n) is 1.73. The molecule has 0 rings (SSSR count). The Morgan fingerprint density at radius 3 is 2.47 bits per heavy atom. The molecule has 0 bridgehead atoms. The third kappa shape index (κ3) is 8.88. The van der Waals surface area contributed by atoms with Gasteiger partial charge in [-0.1, -0.05) is 39.5 Å². The van der Waals surface area contributed by atoms with Crippen molar-refractivity contribution in [2.24, 2.45) is 5.92 Å². The van der Waals surface area contributed by atoms with Gasteiger partial charge >= 0.3 is 0 Å². The molecule has 0 aliphatic carbocycles. The van der Waals surface area contributed by atoms with Gasteiger partial charge in [0.25, 0.3) is 0 Å². The van der Waals surface area contributed by atoms with Crippen molar-refractivity contribution in [2.45, 2.75) is 58.9 Å². The van der Waals surface area contributed by atoms with Crippen molar-refractivity contribution < 1.29 is 4.74 Å². The van der Waals surface area contributed by atoms with Crippen LogP contribution in [0.5, 0.6) is 0 Å². The largest absolute Gasteiger partial charge is 0.383 e. The number of nitrogens with one attached hydrogen (secondary N) is 1. The van der Waals surface area contributed by atoms with Crippen LogP contribution in [0.2, 0.25) is 0 Å². The lowest BCUT2D eigenvalue weighted by Gasteiger charge is -2.21. The third-order valence-corrected chi connectivity index (χ3v) is 3.14. The zero-order valence-electron chi connectivity index (χ0n) is 11.0. The van der Waals surface area contributed by atoms with Crippen molar-refractivity contribution in [2.75, 3.05) is 20.3 Å². The van der Waals surface area contributed by atoms with Gasteiger partial charge in [-0.2, -0.15) is 0 Å². The van der Waals surface area contributed by atoms with Gasteiger partial charge in [0.05, 0.1) is 6.61 Å². The van der Waals surface area contributed by atoms with E-state index in [0.717, 1.165) is 19.1 Å². The molecule has 0 amide bonds. The molecule has 2 unspecified atom stereocenters. The molecule has 0 saturated carbocycles. The van der Waals surface area contributed by atoms with Gasteiger partial charge in [-0.05, 0) is 19.3 Å². The third-order valence-electron chi connectivity index (χ3n) is 3.14. The average molecular weight is 215 g/mol. The molecule has 0 radical (unpaired) electrons. The van der Waals surface area contributed by atoms with Crippen LogP contribution in [-0.2, 0) is 4.74 Å². The molecule has 0 aromatic carbocycles. The van der Waals surface area contributed by atoms with Gasteiger partial charge in [-0.15, -0.1) is 0 Å². The number of methoxy groups -OCH3 is 1. The molecule has 15 heavy (non-hydrogen) atoms. The van der Waals surface area contributed by atoms with E-state index in [4.69, 9.17) is 4.74 Å². The molecule has 0 aliphatic rings. The molecule has 0 aliphatic heterocycles. The van der Waals surface area contributed by atoms with E-state index in [1.165, 1.54) is 32.1 Å². The summed E-state index contributed by atoms with van der Waals surface area (Å²) < 4.78 is 5.02. The second kappa shape index (κ2) is 10.4. The summed E-state index contributed by atoms with van der Waals surface area (Å²) in [5.74, 6) is 0.777. The Hall–Kier alpha value is -0.0800. The number of hydrogen-bond donors (Lipinski definition) is 1. The normalized spacial score (nSPS) is 15.2. The van der Waals surface area contributed by atoms with Crippen molar-refractivity contribution in [3.8, 4) is 0 Å². The fourth-order valence-corrected chi connectivity index (χ4v) is 1.73. The summed E-state index contributed by atoms with van der Waals surface area (Å²) in [5, 5.41) is 3.50. The molecule has 92 valence electrons. The van der Waals surface area contributed by atoms with Gasteiger partial charge in [-0.3, -0.25) is 0 Å². The SMILES string of the molecule is CCCCCCC(C)C(C)NCCOC. The molecular weight excluding hydrogens is 186 g/mol. The standard InChI is InChI=1S/C13H29NO/c1-5-6-7-8-9-12(2)13(3)14-10-11-15-4/h12-14H,5-11H2,1-4H3. The highest BCUT2D eigenvalue weighted by molar-refractivity contribution is 4.68. The first-order valence-electron chi connectivity index (χ1n) is 6.44. The van der Waals surface area contributed by atoms with Crippen molar-refractivity contribution >= 4 is 0 Å². The Kier molecular flexibility index (Phi) is 10.4. The summed E-state index contributed by atoms with van der Waals surface area (Å²) in [6.07, 6.45) is 6.84. The highest BCUT2D eigenvalue weighted by atomic mass is 16.5. The molecule has 0 aromatic rings. The van der Waals surface area contributed by atoms with E-state index in [2.05, 4.69) is 26.1 Å². The van der Waals surface area contributed by atoms with Crippen LogP contribution in [0, 0.1) is 5.92 Å². The maximum Gasteiger partial charge on any atom is 0.0587 e. The van der Waals surface area contributed by atoms with Crippen molar-refractivity contribution in [1.82, 2.24) is 5.32 Å². The minimum atomic E-state index is 0.613. The molecule has 0 saturated heterocycles. The highest BCUT2D eigenvalue weighted by Gasteiger charge is 2.10. The quantitative estimate of drug-likeness (QED) is 0.565. The van der Waals surface area contributed by atoms with Crippen molar-refractivity contribution in [3.63, 3.8) is 0 Å². The minimum Gasteiger partial charge on any atom is -0.383 e. The van der Waals surface area contributed by atoms with Crippen LogP contribution in [0.1, 0.15) is 52.9 Å². The second-order valence-corrected chi connectivity index (χ2v) is 4.56. The first-order valence-corrected chi connectivity index (χ1v) is 6.44. The van der Waals surface area contributed by atoms with E-state index in [1.807, 2.05) is 0 Å². The van der Waals surface area contributed by atoms with E-state index in [0.29, 0.717) is 6.04 Å². The van der Waals surface area contributed by atoms with Gasteiger partial charge in [0.2, 0.25) is 0 Å². The first-order chi connectivity index (χ1) is 7.22. The Morgan fingerprint density at radius 1 is 1.13 bits per heavy atom. The molecule has 0 aromatic heterocycles. The fraction of sp³-hybridized carbons (Fsp3) is 1.00. The topological polar surface area (TPSA) is 21.3 Å². The van der Waals surface area contributed by atoms with Crippen LogP contribution in [0.25, 0.3) is 0 Å². The number of hydrogen-bond acceptors (Lipinski definition) is 2. The van der Waals surface area contributed by atoms with E-state index in [1.54, 1.807) is 7.11 Å². The van der Waals surface area contributed by atoms with Crippen LogP contribution in [0.15, 0.2) is 0 Å². The lowest BCUT2D eigenvalue weighted by molar-refractivity contribution is 0.192. The smallest absolute Gasteiger partial charge is 0.0587 e. The molecule has 2 atom stereocenters. The van der Waals surface area contributed by atoms with E-state index in [-0.39, 0.29) is 0 Å². The molecule has 2 heteroatoms. The zero-order chi connectivity index (χ0) is 11.5. The van der Waals surface area contributed by atoms with E-state index in [9.17, 15) is 0 Å². The van der Waals surface area contributed by atoms with E-state index >= 15 is 0 Å². The molecule has 2 nitrogen and oxygen atoms in total. The Morgan fingerprint density at radius 2 is 1.87 bits per heavy atom. The molecule has 1 N–H and O–H groups in total. The molecule has 0 fully saturated rings. The van der Waals surface area contributed by atoms with Gasteiger partial charge in [0.15, 0.2) is 0 Å². The second-order valence-electron chi connectivity index (χ2n) is 4.56. The minimum absolute atomic E-state index is 0.613. The molecule has 0 heterocycles. The first kappa shape index (κ1) is 14.9. The summed E-state index contributed by atoms with van der Waals surface area (Å²) >= 11 is 0. The number of ether oxygens (including phenoxy) is 1. The summed E-state index contributed by atoms with van der Waals surface area (Å²) in [6.45, 7) is 8.67. The van der Waals surface area contributed by atoms with Crippen LogP contribution < -0.4 is 5.32 Å².